The van der Waals surface area contributed by atoms with E-state index in [1.54, 1.807) is 0 Å². The van der Waals surface area contributed by atoms with E-state index in [1.807, 2.05) is 0 Å². The van der Waals surface area contributed by atoms with E-state index in [0.29, 0.717) is 59.2 Å². The average Bonchev–Trinajstić information content (AvgIpc) is 2.72. The average molecular weight is 485 g/mol. The van der Waals surface area contributed by atoms with E-state index in [4.69, 9.17) is 24.1 Å². The molecule has 0 spiro atoms. The Labute approximate surface area is 202 Å². The summed E-state index contributed by atoms with van der Waals surface area (Å²) in [7, 11) is 0. The van der Waals surface area contributed by atoms with Crippen molar-refractivity contribution < 1.29 is 47.4 Å². The molecule has 31 heavy (non-hydrogen) atoms. The van der Waals surface area contributed by atoms with Crippen molar-refractivity contribution in [3.63, 3.8) is 0 Å². The topological polar surface area (TPSA) is 86.3 Å². The molecule has 0 aromatic rings. The van der Waals surface area contributed by atoms with Crippen LogP contribution in [0.1, 0.15) is 71.6 Å². The molecule has 0 bridgehead atoms. The Balaban J connectivity index is 0. The molecule has 8 heteroatoms. The molecule has 0 aromatic heterocycles. The standard InChI is InChI=1S/C23H47NO6.V/c1-22(2)10-9-14-27-16-18-29-20-21-30-19-17-28-15-12-24-23(26)11-7-5-3-4-6-8-13-25;/h22,25H,3-21H2,1-2H3,(H,24,26);. The minimum absolute atomic E-state index is 0. The van der Waals surface area contributed by atoms with Gasteiger partial charge >= 0.3 is 0 Å². The van der Waals surface area contributed by atoms with Gasteiger partial charge in [-0.15, -0.1) is 0 Å². The summed E-state index contributed by atoms with van der Waals surface area (Å²) < 4.78 is 21.8. The van der Waals surface area contributed by atoms with Gasteiger partial charge in [0, 0.05) is 44.7 Å². The maximum atomic E-state index is 11.7. The summed E-state index contributed by atoms with van der Waals surface area (Å²) >= 11 is 0. The van der Waals surface area contributed by atoms with Crippen molar-refractivity contribution in [2.75, 3.05) is 66.0 Å². The second kappa shape index (κ2) is 27.9. The molecule has 0 aromatic carbocycles. The number of nitrogens with one attached hydrogen (secondary N) is 1. The van der Waals surface area contributed by atoms with E-state index in [-0.39, 0.29) is 31.1 Å². The van der Waals surface area contributed by atoms with Crippen molar-refractivity contribution in [3.05, 3.63) is 0 Å². The third-order valence-electron chi connectivity index (χ3n) is 4.57. The van der Waals surface area contributed by atoms with Gasteiger partial charge in [0.25, 0.3) is 0 Å². The first-order chi connectivity index (χ1) is 14.7. The van der Waals surface area contributed by atoms with Gasteiger partial charge in [0.15, 0.2) is 0 Å². The number of unbranched alkanes of at least 4 members (excludes halogenated alkanes) is 5. The number of carbonyl (C=O) groups excluding carboxylic acids is 1. The van der Waals surface area contributed by atoms with E-state index in [9.17, 15) is 4.79 Å². The maximum absolute atomic E-state index is 11.7. The van der Waals surface area contributed by atoms with Crippen LogP contribution in [0.2, 0.25) is 0 Å². The van der Waals surface area contributed by atoms with Gasteiger partial charge in [-0.3, -0.25) is 4.79 Å². The molecular weight excluding hydrogens is 437 g/mol. The fourth-order valence-corrected chi connectivity index (χ4v) is 2.81. The van der Waals surface area contributed by atoms with E-state index >= 15 is 0 Å². The maximum Gasteiger partial charge on any atom is 0.220 e. The van der Waals surface area contributed by atoms with Gasteiger partial charge in [0.05, 0.1) is 46.2 Å². The first kappa shape index (κ1) is 33.0. The van der Waals surface area contributed by atoms with Crippen LogP contribution in [0.3, 0.4) is 0 Å². The van der Waals surface area contributed by atoms with Gasteiger partial charge in [-0.1, -0.05) is 39.5 Å². The van der Waals surface area contributed by atoms with Crippen LogP contribution in [0.5, 0.6) is 0 Å². The fourth-order valence-electron chi connectivity index (χ4n) is 2.81. The monoisotopic (exact) mass is 484 g/mol. The molecule has 0 aliphatic rings. The second-order valence-corrected chi connectivity index (χ2v) is 7.93. The van der Waals surface area contributed by atoms with Gasteiger partial charge in [0.1, 0.15) is 0 Å². The second-order valence-electron chi connectivity index (χ2n) is 7.93. The van der Waals surface area contributed by atoms with E-state index in [2.05, 4.69) is 19.2 Å². The zero-order valence-corrected chi connectivity index (χ0v) is 21.3. The number of amides is 1. The summed E-state index contributed by atoms with van der Waals surface area (Å²) in [4.78, 5) is 11.7. The molecule has 0 saturated carbocycles. The number of carbonyl (C=O) groups is 1. The van der Waals surface area contributed by atoms with E-state index < -0.39 is 0 Å². The Kier molecular flexibility index (Phi) is 29.7. The fraction of sp³-hybridized carbons (Fsp3) is 0.957. The Morgan fingerprint density at radius 2 is 1.19 bits per heavy atom. The van der Waals surface area contributed by atoms with Crippen LogP contribution in [-0.2, 0) is 42.3 Å². The number of rotatable bonds is 24. The predicted octanol–water partition coefficient (Wildman–Crippen LogP) is 3.33. The summed E-state index contributed by atoms with van der Waals surface area (Å²) in [5.74, 6) is 0.824. The molecule has 2 N–H and O–H groups in total. The van der Waals surface area contributed by atoms with Gasteiger partial charge < -0.3 is 29.4 Å². The molecule has 0 fully saturated rings. The van der Waals surface area contributed by atoms with Crippen LogP contribution >= 0.6 is 0 Å². The van der Waals surface area contributed by atoms with Gasteiger partial charge in [-0.2, -0.15) is 0 Å². The summed E-state index contributed by atoms with van der Waals surface area (Å²) in [6.45, 7) is 9.96. The van der Waals surface area contributed by atoms with Crippen molar-refractivity contribution >= 4 is 5.91 Å². The predicted molar refractivity (Wildman–Crippen MR) is 120 cm³/mol. The third kappa shape index (κ3) is 29.9. The summed E-state index contributed by atoms with van der Waals surface area (Å²) in [6, 6.07) is 0. The number of hydrogen-bond acceptors (Lipinski definition) is 6. The van der Waals surface area contributed by atoms with Crippen LogP contribution in [0.4, 0.5) is 0 Å². The Hall–Kier alpha value is -0.146. The first-order valence-corrected chi connectivity index (χ1v) is 11.8. The summed E-state index contributed by atoms with van der Waals surface area (Å²) in [5.41, 5.74) is 0. The van der Waals surface area contributed by atoms with Gasteiger partial charge in [-0.05, 0) is 31.6 Å². The zero-order chi connectivity index (χ0) is 22.1. The molecule has 0 atom stereocenters. The van der Waals surface area contributed by atoms with Crippen LogP contribution in [-0.4, -0.2) is 77.0 Å². The number of aliphatic hydroxyl groups excluding tert-OH is 1. The van der Waals surface area contributed by atoms with Crippen molar-refractivity contribution in [1.29, 1.82) is 0 Å². The quantitative estimate of drug-likeness (QED) is 0.205. The Morgan fingerprint density at radius 1 is 0.710 bits per heavy atom. The molecule has 0 heterocycles. The minimum Gasteiger partial charge on any atom is -0.396 e. The normalized spacial score (nSPS) is 11.0. The Morgan fingerprint density at radius 3 is 1.74 bits per heavy atom. The molecule has 0 saturated heterocycles. The van der Waals surface area contributed by atoms with Crippen LogP contribution in [0.25, 0.3) is 0 Å². The van der Waals surface area contributed by atoms with Gasteiger partial charge in [-0.25, -0.2) is 0 Å². The van der Waals surface area contributed by atoms with E-state index in [1.165, 1.54) is 6.42 Å². The van der Waals surface area contributed by atoms with E-state index in [0.717, 1.165) is 57.5 Å². The molecule has 185 valence electrons. The van der Waals surface area contributed by atoms with Crippen molar-refractivity contribution in [3.8, 4) is 0 Å². The molecule has 0 aliphatic carbocycles. The molecule has 1 amide bonds. The minimum atomic E-state index is 0. The largest absolute Gasteiger partial charge is 0.396 e. The third-order valence-corrected chi connectivity index (χ3v) is 4.57. The van der Waals surface area contributed by atoms with Crippen molar-refractivity contribution in [2.45, 2.75) is 71.6 Å². The van der Waals surface area contributed by atoms with Gasteiger partial charge in [0.2, 0.25) is 5.91 Å². The zero-order valence-electron chi connectivity index (χ0n) is 19.9. The number of ether oxygens (including phenoxy) is 4. The van der Waals surface area contributed by atoms with Crippen LogP contribution < -0.4 is 5.32 Å². The molecule has 0 aliphatic heterocycles. The summed E-state index contributed by atoms with van der Waals surface area (Å²) in [5, 5.41) is 11.6. The first-order valence-electron chi connectivity index (χ1n) is 11.8. The van der Waals surface area contributed by atoms with Crippen LogP contribution in [0.15, 0.2) is 0 Å². The molecule has 0 rings (SSSR count). The number of hydrogen-bond donors (Lipinski definition) is 2. The van der Waals surface area contributed by atoms with Crippen molar-refractivity contribution in [1.82, 2.24) is 5.32 Å². The smallest absolute Gasteiger partial charge is 0.220 e. The molecule has 1 radical (unpaired) electrons. The molecular formula is C23H47NO6V. The number of aliphatic hydroxyl groups is 1. The molecule has 7 nitrogen and oxygen atoms in total. The SMILES string of the molecule is CC(C)CCCOCCOCCOCCOCCNC(=O)CCCCCCCCO.[V]. The Bertz CT molecular complexity index is 361. The molecule has 0 unspecified atom stereocenters. The van der Waals surface area contributed by atoms with Crippen molar-refractivity contribution in [2.24, 2.45) is 5.92 Å². The summed E-state index contributed by atoms with van der Waals surface area (Å²) in [6.07, 6.45) is 9.11. The van der Waals surface area contributed by atoms with Crippen LogP contribution in [0, 0.1) is 5.92 Å².